The molecule has 2 N–H and O–H groups in total. The summed E-state index contributed by atoms with van der Waals surface area (Å²) in [5.74, 6) is -0.975. The first-order valence-corrected chi connectivity index (χ1v) is 8.68. The number of aryl methyl sites for hydroxylation is 1. The van der Waals surface area contributed by atoms with Crippen LogP contribution in [0.15, 0.2) is 58.7 Å². The van der Waals surface area contributed by atoms with Gasteiger partial charge in [0.05, 0.1) is 0 Å². The van der Waals surface area contributed by atoms with E-state index in [9.17, 15) is 14.4 Å². The van der Waals surface area contributed by atoms with Crippen molar-refractivity contribution >= 4 is 45.5 Å². The zero-order valence-corrected chi connectivity index (χ0v) is 15.5. The van der Waals surface area contributed by atoms with Crippen molar-refractivity contribution in [2.45, 2.75) is 6.92 Å². The van der Waals surface area contributed by atoms with Gasteiger partial charge in [0.1, 0.15) is 12.2 Å². The summed E-state index contributed by atoms with van der Waals surface area (Å²) in [4.78, 5) is 37.5. The number of anilines is 1. The summed E-state index contributed by atoms with van der Waals surface area (Å²) in [5, 5.41) is 5.19. The molecule has 2 aromatic rings. The van der Waals surface area contributed by atoms with E-state index < -0.39 is 17.8 Å². The minimum atomic E-state index is -0.615. The second-order valence-electron chi connectivity index (χ2n) is 5.85. The fraction of sp³-hybridized carbons (Fsp3) is 0.105. The highest BCUT2D eigenvalue weighted by atomic mass is 79.9. The second kappa shape index (κ2) is 7.53. The van der Waals surface area contributed by atoms with Gasteiger partial charge in [-0.05, 0) is 48.4 Å². The molecule has 7 heteroatoms. The summed E-state index contributed by atoms with van der Waals surface area (Å²) in [6.45, 7) is 1.56. The molecule has 0 aliphatic carbocycles. The molecule has 0 saturated carbocycles. The van der Waals surface area contributed by atoms with Crippen LogP contribution in [0.3, 0.4) is 0 Å². The highest BCUT2D eigenvalue weighted by Gasteiger charge is 2.34. The zero-order valence-electron chi connectivity index (χ0n) is 14.0. The molecule has 0 atom stereocenters. The highest BCUT2D eigenvalue weighted by molar-refractivity contribution is 9.10. The van der Waals surface area contributed by atoms with Gasteiger partial charge in [-0.15, -0.1) is 0 Å². The predicted molar refractivity (Wildman–Crippen MR) is 102 cm³/mol. The molecule has 0 aromatic heterocycles. The lowest BCUT2D eigenvalue weighted by molar-refractivity contribution is -0.127. The van der Waals surface area contributed by atoms with E-state index in [1.807, 2.05) is 49.4 Å². The van der Waals surface area contributed by atoms with Crippen LogP contribution in [0.2, 0.25) is 0 Å². The standard InChI is InChI=1S/C19H16BrN3O3/c1-12-4-2-7-15(8-12)21-17(24)11-23-18(25)16(22-19(23)26)10-13-5-3-6-14(20)9-13/h2-10H,11H2,1H3,(H,21,24)(H,22,26). The number of rotatable bonds is 4. The molecule has 2 aromatic carbocycles. The normalized spacial score (nSPS) is 15.3. The average Bonchev–Trinajstić information content (AvgIpc) is 2.82. The minimum Gasteiger partial charge on any atom is -0.325 e. The Balaban J connectivity index is 1.70. The maximum Gasteiger partial charge on any atom is 0.329 e. The Morgan fingerprint density at radius 2 is 1.96 bits per heavy atom. The maximum absolute atomic E-state index is 12.4. The lowest BCUT2D eigenvalue weighted by atomic mass is 10.2. The molecule has 1 aliphatic heterocycles. The lowest BCUT2D eigenvalue weighted by Gasteiger charge is -2.12. The maximum atomic E-state index is 12.4. The monoisotopic (exact) mass is 413 g/mol. The Hall–Kier alpha value is -2.93. The molecule has 132 valence electrons. The third kappa shape index (κ3) is 4.18. The molecular formula is C19H16BrN3O3. The molecule has 0 spiro atoms. The van der Waals surface area contributed by atoms with Crippen LogP contribution in [0, 0.1) is 6.92 Å². The Morgan fingerprint density at radius 3 is 2.69 bits per heavy atom. The van der Waals surface area contributed by atoms with Gasteiger partial charge in [0.2, 0.25) is 5.91 Å². The molecule has 1 heterocycles. The first kappa shape index (κ1) is 17.9. The molecule has 6 nitrogen and oxygen atoms in total. The van der Waals surface area contributed by atoms with Crippen molar-refractivity contribution in [2.24, 2.45) is 0 Å². The van der Waals surface area contributed by atoms with E-state index >= 15 is 0 Å². The molecule has 1 saturated heterocycles. The lowest BCUT2D eigenvalue weighted by Crippen LogP contribution is -2.38. The van der Waals surface area contributed by atoms with Gasteiger partial charge in [-0.3, -0.25) is 9.59 Å². The van der Waals surface area contributed by atoms with Crippen molar-refractivity contribution in [1.82, 2.24) is 10.2 Å². The third-order valence-electron chi connectivity index (χ3n) is 3.73. The molecule has 1 fully saturated rings. The van der Waals surface area contributed by atoms with Crippen molar-refractivity contribution in [3.63, 3.8) is 0 Å². The molecule has 1 aliphatic rings. The van der Waals surface area contributed by atoms with E-state index in [4.69, 9.17) is 0 Å². The van der Waals surface area contributed by atoms with Crippen molar-refractivity contribution < 1.29 is 14.4 Å². The number of nitrogens with zero attached hydrogens (tertiary/aromatic N) is 1. The molecule has 0 radical (unpaired) electrons. The molecule has 0 unspecified atom stereocenters. The Morgan fingerprint density at radius 1 is 1.19 bits per heavy atom. The molecule has 0 bridgehead atoms. The molecule has 3 rings (SSSR count). The number of imide groups is 1. The number of benzene rings is 2. The quantitative estimate of drug-likeness (QED) is 0.596. The zero-order chi connectivity index (χ0) is 18.7. The number of nitrogens with one attached hydrogen (secondary N) is 2. The number of hydrogen-bond donors (Lipinski definition) is 2. The highest BCUT2D eigenvalue weighted by Crippen LogP contribution is 2.17. The van der Waals surface area contributed by atoms with Crippen LogP contribution < -0.4 is 10.6 Å². The van der Waals surface area contributed by atoms with Crippen molar-refractivity contribution in [1.29, 1.82) is 0 Å². The summed E-state index contributed by atoms with van der Waals surface area (Å²) in [7, 11) is 0. The first-order valence-electron chi connectivity index (χ1n) is 7.89. The van der Waals surface area contributed by atoms with Gasteiger partial charge in [-0.1, -0.05) is 40.2 Å². The van der Waals surface area contributed by atoms with E-state index in [1.165, 1.54) is 0 Å². The van der Waals surface area contributed by atoms with E-state index in [0.717, 1.165) is 20.5 Å². The summed E-state index contributed by atoms with van der Waals surface area (Å²) >= 11 is 3.35. The van der Waals surface area contributed by atoms with Crippen LogP contribution in [-0.2, 0) is 9.59 Å². The SMILES string of the molecule is Cc1cccc(NC(=O)CN2C(=O)NC(=Cc3cccc(Br)c3)C2=O)c1. The second-order valence-corrected chi connectivity index (χ2v) is 6.77. The Kier molecular flexibility index (Phi) is 5.18. The Bertz CT molecular complexity index is 924. The van der Waals surface area contributed by atoms with Crippen LogP contribution in [0.5, 0.6) is 0 Å². The molecule has 26 heavy (non-hydrogen) atoms. The van der Waals surface area contributed by atoms with E-state index in [0.29, 0.717) is 5.69 Å². The minimum absolute atomic E-state index is 0.136. The Labute approximate surface area is 159 Å². The number of carbonyl (C=O) groups excluding carboxylic acids is 3. The van der Waals surface area contributed by atoms with Gasteiger partial charge in [0, 0.05) is 10.2 Å². The fourth-order valence-electron chi connectivity index (χ4n) is 2.55. The van der Waals surface area contributed by atoms with E-state index in [-0.39, 0.29) is 12.2 Å². The van der Waals surface area contributed by atoms with Crippen LogP contribution in [0.4, 0.5) is 10.5 Å². The third-order valence-corrected chi connectivity index (χ3v) is 4.22. The van der Waals surface area contributed by atoms with Crippen molar-refractivity contribution in [3.8, 4) is 0 Å². The smallest absolute Gasteiger partial charge is 0.325 e. The molecular weight excluding hydrogens is 398 g/mol. The number of carbonyl (C=O) groups is 3. The summed E-state index contributed by atoms with van der Waals surface area (Å²) < 4.78 is 0.859. The van der Waals surface area contributed by atoms with Crippen LogP contribution in [-0.4, -0.2) is 29.3 Å². The van der Waals surface area contributed by atoms with E-state index in [2.05, 4.69) is 26.6 Å². The number of halogens is 1. The average molecular weight is 414 g/mol. The summed E-state index contributed by atoms with van der Waals surface area (Å²) in [6.07, 6.45) is 1.57. The largest absolute Gasteiger partial charge is 0.329 e. The number of urea groups is 1. The van der Waals surface area contributed by atoms with Gasteiger partial charge in [-0.25, -0.2) is 9.69 Å². The van der Waals surface area contributed by atoms with Crippen molar-refractivity contribution in [2.75, 3.05) is 11.9 Å². The van der Waals surface area contributed by atoms with Crippen LogP contribution in [0.25, 0.3) is 6.08 Å². The fourth-order valence-corrected chi connectivity index (χ4v) is 2.96. The van der Waals surface area contributed by atoms with Gasteiger partial charge in [0.15, 0.2) is 0 Å². The van der Waals surface area contributed by atoms with Gasteiger partial charge < -0.3 is 10.6 Å². The molecule has 4 amide bonds. The first-order chi connectivity index (χ1) is 12.4. The summed E-state index contributed by atoms with van der Waals surface area (Å²) in [6, 6.07) is 14.0. The van der Waals surface area contributed by atoms with Crippen molar-refractivity contribution in [3.05, 3.63) is 69.8 Å². The van der Waals surface area contributed by atoms with Gasteiger partial charge >= 0.3 is 6.03 Å². The van der Waals surface area contributed by atoms with Gasteiger partial charge in [-0.2, -0.15) is 0 Å². The predicted octanol–water partition coefficient (Wildman–Crippen LogP) is 3.29. The van der Waals surface area contributed by atoms with E-state index in [1.54, 1.807) is 12.1 Å². The topological polar surface area (TPSA) is 78.5 Å². The number of amides is 4. The van der Waals surface area contributed by atoms with Gasteiger partial charge in [0.25, 0.3) is 5.91 Å². The van der Waals surface area contributed by atoms with Crippen LogP contribution >= 0.6 is 15.9 Å². The van der Waals surface area contributed by atoms with Crippen LogP contribution in [0.1, 0.15) is 11.1 Å². The number of hydrogen-bond acceptors (Lipinski definition) is 3. The summed E-state index contributed by atoms with van der Waals surface area (Å²) in [5.41, 5.74) is 2.51.